The van der Waals surface area contributed by atoms with Crippen LogP contribution in [0.5, 0.6) is 0 Å². The second kappa shape index (κ2) is 5.97. The van der Waals surface area contributed by atoms with E-state index < -0.39 is 12.0 Å². The summed E-state index contributed by atoms with van der Waals surface area (Å²) >= 11 is 1.70. The average molecular weight is 233 g/mol. The van der Waals surface area contributed by atoms with E-state index in [1.54, 1.807) is 11.8 Å². The minimum absolute atomic E-state index is 0.0565. The Labute approximate surface area is 92.2 Å². The number of aliphatic hydroxyl groups is 1. The number of aliphatic hydroxyl groups excluding tert-OH is 1. The molecule has 1 amide bonds. The molecule has 6 heteroatoms. The van der Waals surface area contributed by atoms with Crippen molar-refractivity contribution in [2.45, 2.75) is 18.9 Å². The number of amides is 1. The molecule has 1 aliphatic rings. The zero-order valence-electron chi connectivity index (χ0n) is 8.31. The molecule has 0 radical (unpaired) electrons. The van der Waals surface area contributed by atoms with Gasteiger partial charge in [-0.3, -0.25) is 4.79 Å². The van der Waals surface area contributed by atoms with E-state index >= 15 is 0 Å². The Morgan fingerprint density at radius 3 is 2.73 bits per heavy atom. The minimum atomic E-state index is -1.09. The molecular formula is C9H15NO4S. The van der Waals surface area contributed by atoms with Crippen molar-refractivity contribution in [2.24, 2.45) is 5.92 Å². The third-order valence-electron chi connectivity index (χ3n) is 2.33. The quantitative estimate of drug-likeness (QED) is 0.606. The molecule has 0 aromatic rings. The largest absolute Gasteiger partial charge is 0.480 e. The van der Waals surface area contributed by atoms with Gasteiger partial charge in [0.15, 0.2) is 0 Å². The van der Waals surface area contributed by atoms with E-state index in [-0.39, 0.29) is 24.9 Å². The van der Waals surface area contributed by atoms with Crippen LogP contribution in [0.3, 0.4) is 0 Å². The molecule has 5 nitrogen and oxygen atoms in total. The summed E-state index contributed by atoms with van der Waals surface area (Å²) in [6, 6.07) is -0.965. The highest BCUT2D eigenvalue weighted by atomic mass is 32.2. The first-order chi connectivity index (χ1) is 7.15. The van der Waals surface area contributed by atoms with Gasteiger partial charge in [-0.25, -0.2) is 4.79 Å². The second-order valence-corrected chi connectivity index (χ2v) is 4.62. The number of aliphatic carboxylic acids is 1. The second-order valence-electron chi connectivity index (χ2n) is 3.47. The summed E-state index contributed by atoms with van der Waals surface area (Å²) in [6.07, 6.45) is 0.864. The Morgan fingerprint density at radius 2 is 2.27 bits per heavy atom. The van der Waals surface area contributed by atoms with Crippen molar-refractivity contribution >= 4 is 23.6 Å². The molecule has 1 fully saturated rings. The van der Waals surface area contributed by atoms with Crippen molar-refractivity contribution in [1.29, 1.82) is 0 Å². The maximum Gasteiger partial charge on any atom is 0.326 e. The van der Waals surface area contributed by atoms with Crippen LogP contribution in [0.15, 0.2) is 0 Å². The van der Waals surface area contributed by atoms with Gasteiger partial charge in [-0.1, -0.05) is 0 Å². The van der Waals surface area contributed by atoms with Gasteiger partial charge in [0.1, 0.15) is 6.04 Å². The van der Waals surface area contributed by atoms with Crippen molar-refractivity contribution in [3.05, 3.63) is 0 Å². The highest BCUT2D eigenvalue weighted by Crippen LogP contribution is 2.23. The van der Waals surface area contributed by atoms with Gasteiger partial charge in [-0.2, -0.15) is 11.8 Å². The smallest absolute Gasteiger partial charge is 0.326 e. The molecule has 1 heterocycles. The summed E-state index contributed by atoms with van der Waals surface area (Å²) in [6.45, 7) is -0.239. The van der Waals surface area contributed by atoms with Crippen LogP contribution >= 0.6 is 11.8 Å². The third kappa shape index (κ3) is 3.71. The van der Waals surface area contributed by atoms with Gasteiger partial charge in [0, 0.05) is 24.7 Å². The zero-order chi connectivity index (χ0) is 11.3. The first-order valence-corrected chi connectivity index (χ1v) is 6.02. The lowest BCUT2D eigenvalue weighted by Gasteiger charge is -2.15. The van der Waals surface area contributed by atoms with Gasteiger partial charge >= 0.3 is 5.97 Å². The molecular weight excluding hydrogens is 218 g/mol. The first-order valence-electron chi connectivity index (χ1n) is 4.87. The van der Waals surface area contributed by atoms with Gasteiger partial charge in [0.25, 0.3) is 0 Å². The van der Waals surface area contributed by atoms with E-state index in [4.69, 9.17) is 10.2 Å². The molecule has 0 bridgehead atoms. The van der Waals surface area contributed by atoms with Gasteiger partial charge in [-0.15, -0.1) is 0 Å². The van der Waals surface area contributed by atoms with Crippen LogP contribution in [-0.4, -0.2) is 46.2 Å². The molecule has 0 aromatic carbocycles. The average Bonchev–Trinajstić information content (AvgIpc) is 2.69. The minimum Gasteiger partial charge on any atom is -0.480 e. The van der Waals surface area contributed by atoms with Crippen molar-refractivity contribution in [3.8, 4) is 0 Å². The van der Waals surface area contributed by atoms with E-state index in [0.29, 0.717) is 0 Å². The Hall–Kier alpha value is -0.750. The molecule has 0 saturated carbocycles. The molecule has 0 spiro atoms. The van der Waals surface area contributed by atoms with E-state index in [1.807, 2.05) is 0 Å². The van der Waals surface area contributed by atoms with E-state index in [0.717, 1.165) is 17.9 Å². The fourth-order valence-electron chi connectivity index (χ4n) is 1.42. The summed E-state index contributed by atoms with van der Waals surface area (Å²) < 4.78 is 0. The van der Waals surface area contributed by atoms with E-state index in [1.165, 1.54) is 0 Å². The van der Waals surface area contributed by atoms with Gasteiger partial charge < -0.3 is 15.5 Å². The Bertz CT molecular complexity index is 240. The summed E-state index contributed by atoms with van der Waals surface area (Å²) in [5.74, 6) is 0.340. The number of carbonyl (C=O) groups is 2. The number of nitrogens with one attached hydrogen (secondary N) is 1. The third-order valence-corrected chi connectivity index (χ3v) is 3.50. The van der Waals surface area contributed by atoms with Gasteiger partial charge in [-0.05, 0) is 12.2 Å². The number of carbonyl (C=O) groups excluding carboxylic acids is 1. The summed E-state index contributed by atoms with van der Waals surface area (Å²) in [4.78, 5) is 22.3. The molecule has 1 rings (SSSR count). The highest BCUT2D eigenvalue weighted by Gasteiger charge is 2.27. The normalized spacial score (nSPS) is 22.3. The van der Waals surface area contributed by atoms with Crippen LogP contribution in [0.25, 0.3) is 0 Å². The van der Waals surface area contributed by atoms with E-state index in [2.05, 4.69) is 5.32 Å². The van der Waals surface area contributed by atoms with Crippen molar-refractivity contribution in [1.82, 2.24) is 5.32 Å². The molecule has 1 aliphatic heterocycles. The molecule has 2 atom stereocenters. The topological polar surface area (TPSA) is 86.6 Å². The monoisotopic (exact) mass is 233 g/mol. The van der Waals surface area contributed by atoms with Crippen LogP contribution in [0, 0.1) is 5.92 Å². The summed E-state index contributed by atoms with van der Waals surface area (Å²) in [5.41, 5.74) is 0. The lowest BCUT2D eigenvalue weighted by Crippen LogP contribution is -2.44. The predicted octanol–water partition coefficient (Wildman–Crippen LogP) is -0.309. The van der Waals surface area contributed by atoms with Gasteiger partial charge in [0.05, 0.1) is 0 Å². The number of hydrogen-bond donors (Lipinski definition) is 3. The fraction of sp³-hybridized carbons (Fsp3) is 0.778. The zero-order valence-corrected chi connectivity index (χ0v) is 9.13. The van der Waals surface area contributed by atoms with Crippen molar-refractivity contribution in [2.75, 3.05) is 18.1 Å². The maximum atomic E-state index is 11.6. The molecule has 2 unspecified atom stereocenters. The van der Waals surface area contributed by atoms with Crippen LogP contribution in [-0.2, 0) is 9.59 Å². The standard InChI is InChI=1S/C9H15NO4S/c11-3-1-7(9(13)14)10-8(12)6-2-4-15-5-6/h6-7,11H,1-5H2,(H,10,12)(H,13,14). The van der Waals surface area contributed by atoms with Gasteiger partial charge in [0.2, 0.25) is 5.91 Å². The number of thioether (sulfide) groups is 1. The molecule has 15 heavy (non-hydrogen) atoms. The van der Waals surface area contributed by atoms with Crippen LogP contribution in [0.1, 0.15) is 12.8 Å². The summed E-state index contributed by atoms with van der Waals surface area (Å²) in [5, 5.41) is 19.9. The number of carboxylic acid groups (broad SMARTS) is 1. The molecule has 1 saturated heterocycles. The lowest BCUT2D eigenvalue weighted by atomic mass is 10.1. The van der Waals surface area contributed by atoms with Crippen LogP contribution in [0.2, 0.25) is 0 Å². The van der Waals surface area contributed by atoms with Crippen LogP contribution < -0.4 is 5.32 Å². The van der Waals surface area contributed by atoms with E-state index in [9.17, 15) is 9.59 Å². The van der Waals surface area contributed by atoms with Crippen molar-refractivity contribution in [3.63, 3.8) is 0 Å². The highest BCUT2D eigenvalue weighted by molar-refractivity contribution is 7.99. The molecule has 0 aliphatic carbocycles. The fourth-order valence-corrected chi connectivity index (χ4v) is 2.64. The predicted molar refractivity (Wildman–Crippen MR) is 56.7 cm³/mol. The molecule has 3 N–H and O–H groups in total. The Kier molecular flexibility index (Phi) is 4.90. The summed E-state index contributed by atoms with van der Waals surface area (Å²) in [7, 11) is 0. The first kappa shape index (κ1) is 12.3. The molecule has 0 aromatic heterocycles. The Balaban J connectivity index is 2.42. The lowest BCUT2D eigenvalue weighted by molar-refractivity contribution is -0.142. The number of hydrogen-bond acceptors (Lipinski definition) is 4. The van der Waals surface area contributed by atoms with Crippen LogP contribution in [0.4, 0.5) is 0 Å². The Morgan fingerprint density at radius 1 is 1.53 bits per heavy atom. The van der Waals surface area contributed by atoms with Crippen molar-refractivity contribution < 1.29 is 19.8 Å². The maximum absolute atomic E-state index is 11.6. The number of carboxylic acids is 1. The number of rotatable bonds is 5. The SMILES string of the molecule is O=C(NC(CCO)C(=O)O)C1CCSC1. The molecule has 86 valence electrons.